The molecule has 1 N–H and O–H groups in total. The van der Waals surface area contributed by atoms with Gasteiger partial charge in [0.15, 0.2) is 11.5 Å². The van der Waals surface area contributed by atoms with E-state index in [2.05, 4.69) is 35.9 Å². The number of amides is 1. The van der Waals surface area contributed by atoms with E-state index in [1.807, 2.05) is 0 Å². The van der Waals surface area contributed by atoms with Crippen LogP contribution >= 0.6 is 0 Å². The number of carbonyl (C=O) groups is 1. The van der Waals surface area contributed by atoms with Crippen LogP contribution in [0, 0.1) is 0 Å². The van der Waals surface area contributed by atoms with Crippen molar-refractivity contribution >= 4 is 5.91 Å². The largest absolute Gasteiger partial charge is 0.454 e. The molecule has 0 spiro atoms. The third-order valence-corrected chi connectivity index (χ3v) is 4.99. The second-order valence-electron chi connectivity index (χ2n) is 6.98. The average molecular weight is 333 g/mol. The number of fused-ring (bicyclic) bond motifs is 1. The summed E-state index contributed by atoms with van der Waals surface area (Å²) in [5.41, 5.74) is 0.539. The molecule has 24 heavy (non-hydrogen) atoms. The Morgan fingerprint density at radius 2 is 1.88 bits per heavy atom. The van der Waals surface area contributed by atoms with Crippen molar-refractivity contribution in [3.05, 3.63) is 23.8 Å². The van der Waals surface area contributed by atoms with Crippen LogP contribution in [0.3, 0.4) is 0 Å². The Morgan fingerprint density at radius 1 is 1.17 bits per heavy atom. The van der Waals surface area contributed by atoms with Crippen molar-refractivity contribution in [1.29, 1.82) is 0 Å². The van der Waals surface area contributed by atoms with Gasteiger partial charge in [-0.05, 0) is 38.6 Å². The maximum Gasteiger partial charge on any atom is 0.251 e. The van der Waals surface area contributed by atoms with E-state index >= 15 is 0 Å². The van der Waals surface area contributed by atoms with E-state index < -0.39 is 0 Å². The first-order valence-electron chi connectivity index (χ1n) is 8.65. The van der Waals surface area contributed by atoms with Gasteiger partial charge in [0.25, 0.3) is 5.91 Å². The zero-order chi connectivity index (χ0) is 17.2. The SMILES string of the molecule is CCN1CCN(C(C)(C)CNC(=O)c2ccc3c(c2)OCO3)CC1. The van der Waals surface area contributed by atoms with Gasteiger partial charge in [-0.15, -0.1) is 0 Å². The Labute approximate surface area is 143 Å². The number of rotatable bonds is 5. The average Bonchev–Trinajstić information content (AvgIpc) is 3.07. The van der Waals surface area contributed by atoms with Gasteiger partial charge in [0.2, 0.25) is 6.79 Å². The number of ether oxygens (including phenoxy) is 2. The number of carbonyl (C=O) groups excluding carboxylic acids is 1. The minimum atomic E-state index is -0.0754. The summed E-state index contributed by atoms with van der Waals surface area (Å²) in [6.45, 7) is 12.8. The molecule has 0 atom stereocenters. The fraction of sp³-hybridized carbons (Fsp3) is 0.611. The number of benzene rings is 1. The predicted molar refractivity (Wildman–Crippen MR) is 92.7 cm³/mol. The number of nitrogens with one attached hydrogen (secondary N) is 1. The lowest BCUT2D eigenvalue weighted by atomic mass is 10.0. The van der Waals surface area contributed by atoms with Crippen LogP contribution < -0.4 is 14.8 Å². The van der Waals surface area contributed by atoms with Gasteiger partial charge in [-0.25, -0.2) is 0 Å². The highest BCUT2D eigenvalue weighted by Gasteiger charge is 2.30. The highest BCUT2D eigenvalue weighted by atomic mass is 16.7. The summed E-state index contributed by atoms with van der Waals surface area (Å²) >= 11 is 0. The molecule has 1 saturated heterocycles. The van der Waals surface area contributed by atoms with E-state index in [0.29, 0.717) is 23.6 Å². The van der Waals surface area contributed by atoms with Crippen LogP contribution in [-0.4, -0.2) is 67.3 Å². The van der Waals surface area contributed by atoms with Crippen molar-refractivity contribution in [1.82, 2.24) is 15.1 Å². The molecule has 1 aromatic rings. The lowest BCUT2D eigenvalue weighted by Crippen LogP contribution is -2.58. The predicted octanol–water partition coefficient (Wildman–Crippen LogP) is 1.56. The molecule has 0 unspecified atom stereocenters. The molecule has 0 bridgehead atoms. The van der Waals surface area contributed by atoms with E-state index in [4.69, 9.17) is 9.47 Å². The first-order valence-corrected chi connectivity index (χ1v) is 8.65. The molecule has 0 saturated carbocycles. The second-order valence-corrected chi connectivity index (χ2v) is 6.98. The lowest BCUT2D eigenvalue weighted by Gasteiger charge is -2.44. The van der Waals surface area contributed by atoms with Gasteiger partial charge in [-0.2, -0.15) is 0 Å². The van der Waals surface area contributed by atoms with E-state index in [9.17, 15) is 4.79 Å². The Balaban J connectivity index is 1.55. The fourth-order valence-electron chi connectivity index (χ4n) is 3.22. The summed E-state index contributed by atoms with van der Waals surface area (Å²) in [6, 6.07) is 5.30. The summed E-state index contributed by atoms with van der Waals surface area (Å²) in [4.78, 5) is 17.4. The third kappa shape index (κ3) is 3.65. The zero-order valence-electron chi connectivity index (χ0n) is 14.8. The number of piperazine rings is 1. The molecule has 6 heteroatoms. The molecule has 1 aromatic carbocycles. The molecule has 0 aliphatic carbocycles. The van der Waals surface area contributed by atoms with E-state index in [1.165, 1.54) is 0 Å². The van der Waals surface area contributed by atoms with Crippen molar-refractivity contribution in [3.8, 4) is 11.5 Å². The van der Waals surface area contributed by atoms with Gasteiger partial charge in [-0.3, -0.25) is 9.69 Å². The molecular formula is C18H27N3O3. The van der Waals surface area contributed by atoms with Gasteiger partial charge in [0, 0.05) is 43.8 Å². The van der Waals surface area contributed by atoms with Gasteiger partial charge < -0.3 is 19.7 Å². The Bertz CT molecular complexity index is 595. The molecule has 132 valence electrons. The van der Waals surface area contributed by atoms with Crippen LogP contribution in [0.25, 0.3) is 0 Å². The number of nitrogens with zero attached hydrogens (tertiary/aromatic N) is 2. The van der Waals surface area contributed by atoms with Crippen molar-refractivity contribution in [2.24, 2.45) is 0 Å². The molecule has 2 heterocycles. The summed E-state index contributed by atoms with van der Waals surface area (Å²) < 4.78 is 10.6. The third-order valence-electron chi connectivity index (χ3n) is 4.99. The van der Waals surface area contributed by atoms with Crippen molar-refractivity contribution < 1.29 is 14.3 Å². The smallest absolute Gasteiger partial charge is 0.251 e. The quantitative estimate of drug-likeness (QED) is 0.886. The van der Waals surface area contributed by atoms with E-state index in [-0.39, 0.29) is 18.2 Å². The molecule has 6 nitrogen and oxygen atoms in total. The zero-order valence-corrected chi connectivity index (χ0v) is 14.8. The summed E-state index contributed by atoms with van der Waals surface area (Å²) in [6.07, 6.45) is 0. The molecule has 0 radical (unpaired) electrons. The first kappa shape index (κ1) is 17.0. The van der Waals surface area contributed by atoms with Gasteiger partial charge in [0.1, 0.15) is 0 Å². The minimum Gasteiger partial charge on any atom is -0.454 e. The van der Waals surface area contributed by atoms with Crippen LogP contribution in [0.5, 0.6) is 11.5 Å². The maximum atomic E-state index is 12.4. The van der Waals surface area contributed by atoms with Crippen LogP contribution in [0.1, 0.15) is 31.1 Å². The molecule has 3 rings (SSSR count). The topological polar surface area (TPSA) is 54.0 Å². The van der Waals surface area contributed by atoms with Crippen LogP contribution in [0.15, 0.2) is 18.2 Å². The highest BCUT2D eigenvalue weighted by molar-refractivity contribution is 5.95. The molecule has 1 fully saturated rings. The van der Waals surface area contributed by atoms with Crippen molar-refractivity contribution in [3.63, 3.8) is 0 Å². The lowest BCUT2D eigenvalue weighted by molar-refractivity contribution is 0.0521. The second kappa shape index (κ2) is 6.99. The molecular weight excluding hydrogens is 306 g/mol. The number of likely N-dealkylation sites (N-methyl/N-ethyl adjacent to an activating group) is 1. The number of hydrogen-bond acceptors (Lipinski definition) is 5. The monoisotopic (exact) mass is 333 g/mol. The van der Waals surface area contributed by atoms with Crippen molar-refractivity contribution in [2.75, 3.05) is 46.1 Å². The standard InChI is InChI=1S/C18H27N3O3/c1-4-20-7-9-21(10-8-20)18(2,3)12-19-17(22)14-5-6-15-16(11-14)24-13-23-15/h5-6,11H,4,7-10,12-13H2,1-3H3,(H,19,22). The molecule has 0 aromatic heterocycles. The Morgan fingerprint density at radius 3 is 2.58 bits per heavy atom. The normalized spacial score (nSPS) is 18.6. The van der Waals surface area contributed by atoms with E-state index in [1.54, 1.807) is 18.2 Å². The first-order chi connectivity index (χ1) is 11.5. The van der Waals surface area contributed by atoms with Gasteiger partial charge >= 0.3 is 0 Å². The molecule has 1 amide bonds. The van der Waals surface area contributed by atoms with Gasteiger partial charge in [-0.1, -0.05) is 6.92 Å². The summed E-state index contributed by atoms with van der Waals surface area (Å²) in [7, 11) is 0. The van der Waals surface area contributed by atoms with Crippen molar-refractivity contribution in [2.45, 2.75) is 26.3 Å². The molecule has 2 aliphatic heterocycles. The van der Waals surface area contributed by atoms with Crippen LogP contribution in [0.2, 0.25) is 0 Å². The maximum absolute atomic E-state index is 12.4. The minimum absolute atomic E-state index is 0.0637. The Hall–Kier alpha value is -1.79. The summed E-state index contributed by atoms with van der Waals surface area (Å²) in [5.74, 6) is 1.26. The highest BCUT2D eigenvalue weighted by Crippen LogP contribution is 2.32. The summed E-state index contributed by atoms with van der Waals surface area (Å²) in [5, 5.41) is 3.06. The van der Waals surface area contributed by atoms with Crippen LogP contribution in [0.4, 0.5) is 0 Å². The van der Waals surface area contributed by atoms with E-state index in [0.717, 1.165) is 32.7 Å². The molecule has 2 aliphatic rings. The fourth-order valence-corrected chi connectivity index (χ4v) is 3.22. The Kier molecular flexibility index (Phi) is 4.96. The van der Waals surface area contributed by atoms with Crippen LogP contribution in [-0.2, 0) is 0 Å². The number of hydrogen-bond donors (Lipinski definition) is 1. The van der Waals surface area contributed by atoms with Gasteiger partial charge in [0.05, 0.1) is 0 Å².